The third-order valence-electron chi connectivity index (χ3n) is 5.28. The molecule has 0 saturated carbocycles. The van der Waals surface area contributed by atoms with Crippen LogP contribution in [-0.4, -0.2) is 22.3 Å². The van der Waals surface area contributed by atoms with Gasteiger partial charge in [0, 0.05) is 16.1 Å². The van der Waals surface area contributed by atoms with Crippen LogP contribution in [0.25, 0.3) is 0 Å². The van der Waals surface area contributed by atoms with E-state index in [1.165, 1.54) is 10.6 Å². The Morgan fingerprint density at radius 2 is 1.80 bits per heavy atom. The molecular formula is C22H14ClF5N4O3. The molecule has 1 aliphatic heterocycles. The van der Waals surface area contributed by atoms with Crippen molar-refractivity contribution in [3.63, 3.8) is 0 Å². The summed E-state index contributed by atoms with van der Waals surface area (Å²) in [6.07, 6.45) is -4.91. The normalized spacial score (nSPS) is 15.4. The topological polar surface area (TPSA) is 106 Å². The Labute approximate surface area is 198 Å². The first-order valence-electron chi connectivity index (χ1n) is 9.82. The first-order valence-corrected chi connectivity index (χ1v) is 10.2. The van der Waals surface area contributed by atoms with Crippen molar-refractivity contribution in [2.75, 3.05) is 5.32 Å². The SMILES string of the molecule is NC(=O)c1cc(NC(=O)c2cc(F)cc(C(F)(F)F)c2)c2n1CC(=O)NC2c1cc(F)ccc1Cl. The van der Waals surface area contributed by atoms with Gasteiger partial charge in [-0.05, 0) is 42.5 Å². The summed E-state index contributed by atoms with van der Waals surface area (Å²) in [6, 6.07) is 4.59. The number of benzene rings is 2. The van der Waals surface area contributed by atoms with Gasteiger partial charge < -0.3 is 20.9 Å². The Morgan fingerprint density at radius 1 is 1.09 bits per heavy atom. The molecule has 3 amide bonds. The largest absolute Gasteiger partial charge is 0.416 e. The van der Waals surface area contributed by atoms with Crippen molar-refractivity contribution in [2.45, 2.75) is 18.8 Å². The third-order valence-corrected chi connectivity index (χ3v) is 5.62. The van der Waals surface area contributed by atoms with Crippen molar-refractivity contribution in [3.8, 4) is 0 Å². The number of aromatic nitrogens is 1. The number of nitrogens with two attached hydrogens (primary N) is 1. The summed E-state index contributed by atoms with van der Waals surface area (Å²) < 4.78 is 68.1. The Hall–Kier alpha value is -3.93. The molecule has 3 aromatic rings. The van der Waals surface area contributed by atoms with Crippen LogP contribution in [0.4, 0.5) is 27.6 Å². The zero-order valence-electron chi connectivity index (χ0n) is 17.3. The summed E-state index contributed by atoms with van der Waals surface area (Å²) in [4.78, 5) is 37.1. The minimum atomic E-state index is -4.91. The summed E-state index contributed by atoms with van der Waals surface area (Å²) in [6.45, 7) is -0.398. The number of carbonyl (C=O) groups is 3. The van der Waals surface area contributed by atoms with E-state index in [4.69, 9.17) is 17.3 Å². The van der Waals surface area contributed by atoms with Gasteiger partial charge in [0.1, 0.15) is 23.9 Å². The van der Waals surface area contributed by atoms with Gasteiger partial charge in [-0.15, -0.1) is 0 Å². The van der Waals surface area contributed by atoms with Gasteiger partial charge >= 0.3 is 6.18 Å². The Kier molecular flexibility index (Phi) is 6.01. The van der Waals surface area contributed by atoms with Crippen LogP contribution in [0.2, 0.25) is 5.02 Å². The van der Waals surface area contributed by atoms with Gasteiger partial charge in [-0.3, -0.25) is 14.4 Å². The number of carbonyl (C=O) groups excluding carboxylic acids is 3. The fourth-order valence-corrected chi connectivity index (χ4v) is 4.03. The van der Waals surface area contributed by atoms with Gasteiger partial charge in [0.15, 0.2) is 0 Å². The third kappa shape index (κ3) is 4.69. The average molecular weight is 513 g/mol. The Morgan fingerprint density at radius 3 is 2.46 bits per heavy atom. The molecule has 1 atom stereocenters. The quantitative estimate of drug-likeness (QED) is 0.460. The molecule has 2 aromatic carbocycles. The summed E-state index contributed by atoms with van der Waals surface area (Å²) in [5, 5.41) is 4.95. The number of primary amides is 1. The predicted octanol–water partition coefficient (Wildman–Crippen LogP) is 4.01. The van der Waals surface area contributed by atoms with Crippen molar-refractivity contribution in [2.24, 2.45) is 5.73 Å². The van der Waals surface area contributed by atoms with Gasteiger partial charge in [-0.25, -0.2) is 8.78 Å². The van der Waals surface area contributed by atoms with E-state index in [0.717, 1.165) is 18.2 Å². The van der Waals surface area contributed by atoms with Gasteiger partial charge in [0.25, 0.3) is 11.8 Å². The van der Waals surface area contributed by atoms with Gasteiger partial charge in [-0.1, -0.05) is 11.6 Å². The molecular weight excluding hydrogens is 499 g/mol. The van der Waals surface area contributed by atoms with Gasteiger partial charge in [0.05, 0.1) is 23.0 Å². The van der Waals surface area contributed by atoms with E-state index in [1.807, 2.05) is 0 Å². The highest BCUT2D eigenvalue weighted by Crippen LogP contribution is 2.38. The number of hydrogen-bond donors (Lipinski definition) is 3. The molecule has 4 rings (SSSR count). The minimum absolute atomic E-state index is 0.0456. The number of alkyl halides is 3. The van der Waals surface area contributed by atoms with Crippen LogP contribution in [0, 0.1) is 11.6 Å². The standard InChI is InChI=1S/C22H14ClF5N4O3/c23-14-2-1-11(24)6-13(14)18-19-15(7-16(20(29)34)32(19)8-17(33)31-18)30-21(35)9-3-10(22(26,27)28)5-12(25)4-9/h1-7,18H,8H2,(H2,29,34)(H,30,35)(H,31,33). The molecule has 0 aliphatic carbocycles. The lowest BCUT2D eigenvalue weighted by Crippen LogP contribution is -2.40. The molecule has 1 unspecified atom stereocenters. The van der Waals surface area contributed by atoms with E-state index in [0.29, 0.717) is 12.1 Å². The number of halogens is 6. The average Bonchev–Trinajstić information content (AvgIpc) is 3.12. The van der Waals surface area contributed by atoms with E-state index >= 15 is 0 Å². The zero-order valence-corrected chi connectivity index (χ0v) is 18.1. The van der Waals surface area contributed by atoms with Crippen LogP contribution in [0.1, 0.15) is 43.7 Å². The Balaban J connectivity index is 1.83. The van der Waals surface area contributed by atoms with Crippen LogP contribution >= 0.6 is 11.6 Å². The number of anilines is 1. The van der Waals surface area contributed by atoms with E-state index in [9.17, 15) is 36.3 Å². The molecule has 7 nitrogen and oxygen atoms in total. The second kappa shape index (κ2) is 8.69. The van der Waals surface area contributed by atoms with Gasteiger partial charge in [0.2, 0.25) is 5.91 Å². The highest BCUT2D eigenvalue weighted by atomic mass is 35.5. The summed E-state index contributed by atoms with van der Waals surface area (Å²) in [5.41, 5.74) is 3.16. The van der Waals surface area contributed by atoms with Crippen molar-refractivity contribution in [3.05, 3.63) is 87.2 Å². The van der Waals surface area contributed by atoms with Gasteiger partial charge in [-0.2, -0.15) is 13.2 Å². The highest BCUT2D eigenvalue weighted by Gasteiger charge is 2.35. The zero-order chi connectivity index (χ0) is 25.7. The van der Waals surface area contributed by atoms with E-state index in [2.05, 4.69) is 10.6 Å². The van der Waals surface area contributed by atoms with Crippen LogP contribution in [-0.2, 0) is 17.5 Å². The molecule has 182 valence electrons. The van der Waals surface area contributed by atoms with Crippen molar-refractivity contribution >= 4 is 35.0 Å². The first-order chi connectivity index (χ1) is 16.3. The summed E-state index contributed by atoms with van der Waals surface area (Å²) >= 11 is 6.19. The Bertz CT molecular complexity index is 1390. The number of hydrogen-bond acceptors (Lipinski definition) is 3. The lowest BCUT2D eigenvalue weighted by molar-refractivity contribution is -0.137. The monoisotopic (exact) mass is 512 g/mol. The van der Waals surface area contributed by atoms with Crippen LogP contribution in [0.5, 0.6) is 0 Å². The van der Waals surface area contributed by atoms with E-state index in [-0.39, 0.29) is 33.7 Å². The maximum absolute atomic E-state index is 14.0. The smallest absolute Gasteiger partial charge is 0.364 e. The number of nitrogens with one attached hydrogen (secondary N) is 2. The number of fused-ring (bicyclic) bond motifs is 1. The molecule has 0 bridgehead atoms. The predicted molar refractivity (Wildman–Crippen MR) is 114 cm³/mol. The fourth-order valence-electron chi connectivity index (χ4n) is 3.81. The van der Waals surface area contributed by atoms with Crippen molar-refractivity contribution in [1.82, 2.24) is 9.88 Å². The molecule has 0 saturated heterocycles. The second-order valence-electron chi connectivity index (χ2n) is 7.63. The number of nitrogens with zero attached hydrogens (tertiary/aromatic N) is 1. The lowest BCUT2D eigenvalue weighted by Gasteiger charge is -2.29. The maximum atomic E-state index is 14.0. The molecule has 2 heterocycles. The molecule has 0 spiro atoms. The van der Waals surface area contributed by atoms with E-state index < -0.39 is 59.2 Å². The molecule has 1 aliphatic rings. The highest BCUT2D eigenvalue weighted by molar-refractivity contribution is 6.31. The van der Waals surface area contributed by atoms with E-state index in [1.54, 1.807) is 0 Å². The number of amides is 3. The lowest BCUT2D eigenvalue weighted by atomic mass is 10.0. The first kappa shape index (κ1) is 24.2. The molecule has 13 heteroatoms. The second-order valence-corrected chi connectivity index (χ2v) is 8.03. The molecule has 0 fully saturated rings. The molecule has 1 aromatic heterocycles. The number of rotatable bonds is 4. The molecule has 0 radical (unpaired) electrons. The van der Waals surface area contributed by atoms with Crippen molar-refractivity contribution < 1.29 is 36.3 Å². The van der Waals surface area contributed by atoms with Crippen LogP contribution < -0.4 is 16.4 Å². The molecule has 4 N–H and O–H groups in total. The van der Waals surface area contributed by atoms with Crippen LogP contribution in [0.3, 0.4) is 0 Å². The maximum Gasteiger partial charge on any atom is 0.416 e. The molecule has 35 heavy (non-hydrogen) atoms. The summed E-state index contributed by atoms with van der Waals surface area (Å²) in [5.74, 6) is -4.68. The van der Waals surface area contributed by atoms with Crippen LogP contribution in [0.15, 0.2) is 42.5 Å². The van der Waals surface area contributed by atoms with Crippen molar-refractivity contribution in [1.29, 1.82) is 0 Å². The fraction of sp³-hybridized carbons (Fsp3) is 0.136. The minimum Gasteiger partial charge on any atom is -0.364 e. The summed E-state index contributed by atoms with van der Waals surface area (Å²) in [7, 11) is 0.